The molecule has 0 bridgehead atoms. The van der Waals surface area contributed by atoms with Crippen LogP contribution in [0.25, 0.3) is 11.0 Å². The molecule has 0 aliphatic carbocycles. The molecule has 3 aromatic carbocycles. The number of methoxy groups -OCH3 is 1. The highest BCUT2D eigenvalue weighted by molar-refractivity contribution is 6.05. The minimum absolute atomic E-state index is 0.230. The third-order valence-electron chi connectivity index (χ3n) is 4.63. The lowest BCUT2D eigenvalue weighted by atomic mass is 10.1. The van der Waals surface area contributed by atoms with Crippen LogP contribution >= 0.6 is 0 Å². The van der Waals surface area contributed by atoms with E-state index in [1.54, 1.807) is 37.4 Å². The highest BCUT2D eigenvalue weighted by Gasteiger charge is 2.13. The van der Waals surface area contributed by atoms with Crippen molar-refractivity contribution in [1.29, 1.82) is 0 Å². The Labute approximate surface area is 179 Å². The molecule has 4 rings (SSSR count). The number of benzene rings is 3. The van der Waals surface area contributed by atoms with E-state index >= 15 is 0 Å². The van der Waals surface area contributed by atoms with E-state index < -0.39 is 0 Å². The van der Waals surface area contributed by atoms with E-state index in [0.717, 1.165) is 11.1 Å². The lowest BCUT2D eigenvalue weighted by Crippen LogP contribution is -2.21. The first kappa shape index (κ1) is 20.2. The van der Waals surface area contributed by atoms with Gasteiger partial charge in [0.2, 0.25) is 5.55 Å². The fourth-order valence-corrected chi connectivity index (χ4v) is 3.09. The molecule has 0 aliphatic rings. The number of hydrogen-bond donors (Lipinski definition) is 1. The molecule has 0 aliphatic heterocycles. The standard InChI is InChI=1S/C25H22N2O4/c1-3-30-21-14-10-19(11-15-21)27-25-22(16-17-6-4-5-7-23(17)31-25)24(28)26-18-8-12-20(29-2)13-9-18/h4-16H,3H2,1-2H3,(H,26,28). The minimum Gasteiger partial charge on any atom is -0.497 e. The Kier molecular flexibility index (Phi) is 5.98. The molecule has 0 radical (unpaired) electrons. The Morgan fingerprint density at radius 3 is 2.39 bits per heavy atom. The molecule has 4 aromatic rings. The summed E-state index contributed by atoms with van der Waals surface area (Å²) in [5.41, 5.74) is 2.51. The molecule has 156 valence electrons. The zero-order valence-electron chi connectivity index (χ0n) is 17.3. The number of ether oxygens (including phenoxy) is 2. The first-order chi connectivity index (χ1) is 15.2. The quantitative estimate of drug-likeness (QED) is 0.463. The summed E-state index contributed by atoms with van der Waals surface area (Å²) in [6.45, 7) is 2.52. The summed E-state index contributed by atoms with van der Waals surface area (Å²) in [4.78, 5) is 17.7. The average Bonchev–Trinajstić information content (AvgIpc) is 2.80. The van der Waals surface area contributed by atoms with Crippen LogP contribution in [0.1, 0.15) is 17.3 Å². The summed E-state index contributed by atoms with van der Waals surface area (Å²) in [7, 11) is 1.60. The Hall–Kier alpha value is -4.06. The highest BCUT2D eigenvalue weighted by atomic mass is 16.5. The van der Waals surface area contributed by atoms with E-state index in [1.807, 2.05) is 55.5 Å². The van der Waals surface area contributed by atoms with Gasteiger partial charge < -0.3 is 19.2 Å². The smallest absolute Gasteiger partial charge is 0.261 e. The molecule has 0 unspecified atom stereocenters. The van der Waals surface area contributed by atoms with E-state index in [1.165, 1.54) is 0 Å². The van der Waals surface area contributed by atoms with Gasteiger partial charge in [-0.15, -0.1) is 0 Å². The molecule has 0 fully saturated rings. The van der Waals surface area contributed by atoms with Gasteiger partial charge in [-0.1, -0.05) is 18.2 Å². The summed E-state index contributed by atoms with van der Waals surface area (Å²) in [5, 5.41) is 3.70. The van der Waals surface area contributed by atoms with Crippen LogP contribution in [0, 0.1) is 0 Å². The zero-order chi connectivity index (χ0) is 21.6. The fourth-order valence-electron chi connectivity index (χ4n) is 3.09. The van der Waals surface area contributed by atoms with Crippen LogP contribution < -0.4 is 20.3 Å². The predicted octanol–water partition coefficient (Wildman–Crippen LogP) is 5.32. The Morgan fingerprint density at radius 2 is 1.68 bits per heavy atom. The van der Waals surface area contributed by atoms with Gasteiger partial charge in [0.05, 0.1) is 19.4 Å². The Bertz CT molecular complexity index is 1260. The van der Waals surface area contributed by atoms with Gasteiger partial charge in [-0.2, -0.15) is 0 Å². The van der Waals surface area contributed by atoms with Crippen molar-refractivity contribution in [3.63, 3.8) is 0 Å². The molecule has 31 heavy (non-hydrogen) atoms. The number of nitrogens with zero attached hydrogens (tertiary/aromatic N) is 1. The average molecular weight is 414 g/mol. The van der Waals surface area contributed by atoms with Crippen LogP contribution in [0.2, 0.25) is 0 Å². The van der Waals surface area contributed by atoms with Crippen molar-refractivity contribution < 1.29 is 18.7 Å². The second-order valence-corrected chi connectivity index (χ2v) is 6.72. The van der Waals surface area contributed by atoms with Gasteiger partial charge >= 0.3 is 0 Å². The lowest BCUT2D eigenvalue weighted by Gasteiger charge is -2.08. The van der Waals surface area contributed by atoms with Gasteiger partial charge in [0.1, 0.15) is 22.6 Å². The molecule has 1 N–H and O–H groups in total. The number of carbonyl (C=O) groups is 1. The summed E-state index contributed by atoms with van der Waals surface area (Å²) < 4.78 is 16.6. The largest absolute Gasteiger partial charge is 0.497 e. The van der Waals surface area contributed by atoms with Crippen molar-refractivity contribution in [2.24, 2.45) is 4.99 Å². The second kappa shape index (κ2) is 9.17. The van der Waals surface area contributed by atoms with Crippen molar-refractivity contribution in [3.8, 4) is 11.5 Å². The molecule has 1 aromatic heterocycles. The van der Waals surface area contributed by atoms with E-state index in [2.05, 4.69) is 10.3 Å². The maximum Gasteiger partial charge on any atom is 0.261 e. The third-order valence-corrected chi connectivity index (χ3v) is 4.63. The molecule has 0 atom stereocenters. The predicted molar refractivity (Wildman–Crippen MR) is 120 cm³/mol. The lowest BCUT2D eigenvalue weighted by molar-refractivity contribution is 0.102. The fraction of sp³-hybridized carbons (Fsp3) is 0.120. The van der Waals surface area contributed by atoms with Crippen LogP contribution in [0.5, 0.6) is 11.5 Å². The van der Waals surface area contributed by atoms with Gasteiger partial charge in [-0.25, -0.2) is 4.99 Å². The van der Waals surface area contributed by atoms with E-state index in [9.17, 15) is 4.79 Å². The monoisotopic (exact) mass is 414 g/mol. The van der Waals surface area contributed by atoms with Gasteiger partial charge in [-0.05, 0) is 67.6 Å². The Morgan fingerprint density at radius 1 is 0.968 bits per heavy atom. The first-order valence-corrected chi connectivity index (χ1v) is 9.92. The number of anilines is 1. The number of rotatable bonds is 6. The number of fused-ring (bicyclic) bond motifs is 1. The number of para-hydroxylation sites is 1. The van der Waals surface area contributed by atoms with Crippen LogP contribution in [-0.4, -0.2) is 19.6 Å². The summed E-state index contributed by atoms with van der Waals surface area (Å²) in [6, 6.07) is 23.7. The second-order valence-electron chi connectivity index (χ2n) is 6.72. The zero-order valence-corrected chi connectivity index (χ0v) is 17.3. The summed E-state index contributed by atoms with van der Waals surface area (Å²) in [6.07, 6.45) is 0. The Balaban J connectivity index is 1.74. The van der Waals surface area contributed by atoms with Gasteiger partial charge in [0.15, 0.2) is 0 Å². The van der Waals surface area contributed by atoms with Crippen LogP contribution in [0.4, 0.5) is 11.4 Å². The van der Waals surface area contributed by atoms with Gasteiger partial charge in [-0.3, -0.25) is 4.79 Å². The number of amides is 1. The molecule has 1 amide bonds. The summed E-state index contributed by atoms with van der Waals surface area (Å²) >= 11 is 0. The maximum absolute atomic E-state index is 13.1. The summed E-state index contributed by atoms with van der Waals surface area (Å²) in [5.74, 6) is 1.16. The highest BCUT2D eigenvalue weighted by Crippen LogP contribution is 2.20. The third kappa shape index (κ3) is 4.75. The van der Waals surface area contributed by atoms with Crippen molar-refractivity contribution in [1.82, 2.24) is 0 Å². The number of hydrogen-bond acceptors (Lipinski definition) is 5. The molecular formula is C25H22N2O4. The molecular weight excluding hydrogens is 392 g/mol. The molecule has 6 nitrogen and oxygen atoms in total. The maximum atomic E-state index is 13.1. The van der Waals surface area contributed by atoms with Gasteiger partial charge in [0, 0.05) is 11.1 Å². The molecule has 1 heterocycles. The van der Waals surface area contributed by atoms with Crippen molar-refractivity contribution in [2.45, 2.75) is 6.92 Å². The van der Waals surface area contributed by atoms with Crippen LogP contribution in [0.15, 0.2) is 88.3 Å². The molecule has 0 saturated heterocycles. The number of carbonyl (C=O) groups excluding carboxylic acids is 1. The van der Waals surface area contributed by atoms with E-state index in [4.69, 9.17) is 13.9 Å². The van der Waals surface area contributed by atoms with Gasteiger partial charge in [0.25, 0.3) is 5.91 Å². The minimum atomic E-state index is -0.315. The molecule has 6 heteroatoms. The van der Waals surface area contributed by atoms with Crippen molar-refractivity contribution in [2.75, 3.05) is 19.0 Å². The first-order valence-electron chi connectivity index (χ1n) is 9.92. The van der Waals surface area contributed by atoms with E-state index in [0.29, 0.717) is 34.9 Å². The van der Waals surface area contributed by atoms with Crippen LogP contribution in [0.3, 0.4) is 0 Å². The molecule has 0 spiro atoms. The van der Waals surface area contributed by atoms with Crippen molar-refractivity contribution in [3.05, 3.63) is 90.0 Å². The molecule has 0 saturated carbocycles. The van der Waals surface area contributed by atoms with E-state index in [-0.39, 0.29) is 11.5 Å². The normalized spacial score (nSPS) is 11.4. The SMILES string of the molecule is CCOc1ccc(N=c2oc3ccccc3cc2C(=O)Nc2ccc(OC)cc2)cc1. The number of nitrogens with one attached hydrogen (secondary N) is 1. The topological polar surface area (TPSA) is 73.1 Å². The van der Waals surface area contributed by atoms with Crippen molar-refractivity contribution >= 4 is 28.3 Å². The van der Waals surface area contributed by atoms with Crippen LogP contribution in [-0.2, 0) is 0 Å².